The first-order valence-corrected chi connectivity index (χ1v) is 9.74. The zero-order chi connectivity index (χ0) is 18.2. The fraction of sp³-hybridized carbons (Fsp3) is 0.429. The van der Waals surface area contributed by atoms with E-state index in [-0.39, 0.29) is 0 Å². The highest BCUT2D eigenvalue weighted by molar-refractivity contribution is 6.30. The van der Waals surface area contributed by atoms with Crippen molar-refractivity contribution in [2.45, 2.75) is 12.8 Å². The van der Waals surface area contributed by atoms with E-state index in [0.717, 1.165) is 42.6 Å². The van der Waals surface area contributed by atoms with E-state index in [9.17, 15) is 0 Å². The summed E-state index contributed by atoms with van der Waals surface area (Å²) in [5.74, 6) is 1.86. The molecule has 0 spiro atoms. The first-order chi connectivity index (χ1) is 12.8. The number of methoxy groups -OCH3 is 1. The zero-order valence-corrected chi connectivity index (χ0v) is 16.2. The number of hydrogen-bond donors (Lipinski definition) is 1. The van der Waals surface area contributed by atoms with Crippen molar-refractivity contribution in [3.8, 4) is 11.5 Å². The Morgan fingerprint density at radius 1 is 1.00 bits per heavy atom. The van der Waals surface area contributed by atoms with Crippen LogP contribution in [0, 0.1) is 0 Å². The molecular weight excluding hydrogens is 348 g/mol. The van der Waals surface area contributed by atoms with Gasteiger partial charge in [0.25, 0.3) is 0 Å². The molecule has 0 unspecified atom stereocenters. The van der Waals surface area contributed by atoms with E-state index in [1.165, 1.54) is 31.7 Å². The van der Waals surface area contributed by atoms with Crippen molar-refractivity contribution in [3.05, 3.63) is 53.6 Å². The predicted octanol–water partition coefficient (Wildman–Crippen LogP) is 2.91. The van der Waals surface area contributed by atoms with Gasteiger partial charge in [-0.3, -0.25) is 0 Å². The van der Waals surface area contributed by atoms with Crippen LogP contribution >= 0.6 is 11.6 Å². The molecule has 140 valence electrons. The van der Waals surface area contributed by atoms with Crippen LogP contribution < -0.4 is 19.3 Å². The third kappa shape index (κ3) is 5.29. The summed E-state index contributed by atoms with van der Waals surface area (Å²) >= 11 is 5.88. The third-order valence-corrected chi connectivity index (χ3v) is 5.16. The lowest BCUT2D eigenvalue weighted by Gasteiger charge is -2.34. The maximum Gasteiger partial charge on any atom is 0.142 e. The highest BCUT2D eigenvalue weighted by Gasteiger charge is 2.21. The van der Waals surface area contributed by atoms with Gasteiger partial charge >= 0.3 is 0 Å². The number of nitrogens with one attached hydrogen (secondary N) is 1. The number of nitrogens with zero attached hydrogens (tertiary/aromatic N) is 1. The van der Waals surface area contributed by atoms with Crippen molar-refractivity contribution in [2.24, 2.45) is 0 Å². The van der Waals surface area contributed by atoms with Crippen molar-refractivity contribution in [1.29, 1.82) is 0 Å². The summed E-state index contributed by atoms with van der Waals surface area (Å²) in [6.45, 7) is 6.49. The van der Waals surface area contributed by atoms with Gasteiger partial charge in [0.05, 0.1) is 52.1 Å². The minimum atomic E-state index is 0.744. The van der Waals surface area contributed by atoms with Crippen LogP contribution in [-0.4, -0.2) is 46.4 Å². The van der Waals surface area contributed by atoms with Gasteiger partial charge < -0.3 is 19.3 Å². The number of para-hydroxylation sites is 2. The van der Waals surface area contributed by atoms with E-state index < -0.39 is 0 Å². The summed E-state index contributed by atoms with van der Waals surface area (Å²) in [7, 11) is 1.74. The van der Waals surface area contributed by atoms with Crippen LogP contribution in [0.15, 0.2) is 48.5 Å². The number of anilines is 1. The molecule has 0 atom stereocenters. The smallest absolute Gasteiger partial charge is 0.142 e. The summed E-state index contributed by atoms with van der Waals surface area (Å²) in [5.41, 5.74) is 1.21. The van der Waals surface area contributed by atoms with E-state index in [2.05, 4.69) is 17.0 Å². The molecule has 4 nitrogen and oxygen atoms in total. The number of unbranched alkanes of at least 4 members (excludes halogenated alkanes) is 1. The molecule has 1 N–H and O–H groups in total. The van der Waals surface area contributed by atoms with Crippen LogP contribution in [0.1, 0.15) is 12.8 Å². The van der Waals surface area contributed by atoms with E-state index >= 15 is 0 Å². The molecule has 3 rings (SSSR count). The van der Waals surface area contributed by atoms with E-state index in [1.54, 1.807) is 12.0 Å². The fourth-order valence-corrected chi connectivity index (χ4v) is 3.53. The molecule has 0 aliphatic carbocycles. The minimum absolute atomic E-state index is 0.744. The standard InChI is InChI=1S/C21H27ClN2O2/c1-25-21-7-3-2-6-20(21)24-15-13-23(14-16-24)12-4-5-17-26-19-10-8-18(22)9-11-19/h2-3,6-11H,4-5,12-17H2,1H3/p+1. The molecule has 0 amide bonds. The first kappa shape index (κ1) is 18.9. The molecule has 1 saturated heterocycles. The Morgan fingerprint density at radius 2 is 1.73 bits per heavy atom. The number of piperazine rings is 1. The van der Waals surface area contributed by atoms with Gasteiger partial charge in [-0.05, 0) is 49.2 Å². The second-order valence-electron chi connectivity index (χ2n) is 6.67. The summed E-state index contributed by atoms with van der Waals surface area (Å²) in [6.07, 6.45) is 2.28. The predicted molar refractivity (Wildman–Crippen MR) is 107 cm³/mol. The number of hydrogen-bond acceptors (Lipinski definition) is 3. The largest absolute Gasteiger partial charge is 0.495 e. The van der Waals surface area contributed by atoms with Crippen LogP contribution in [0.25, 0.3) is 0 Å². The Balaban J connectivity index is 1.33. The number of rotatable bonds is 8. The molecule has 0 saturated carbocycles. The van der Waals surface area contributed by atoms with Crippen molar-refractivity contribution in [2.75, 3.05) is 51.3 Å². The van der Waals surface area contributed by atoms with Crippen molar-refractivity contribution < 1.29 is 14.4 Å². The Bertz CT molecular complexity index is 670. The van der Waals surface area contributed by atoms with Crippen molar-refractivity contribution >= 4 is 17.3 Å². The molecule has 5 heteroatoms. The van der Waals surface area contributed by atoms with Crippen LogP contribution in [0.3, 0.4) is 0 Å². The van der Waals surface area contributed by atoms with Crippen molar-refractivity contribution in [1.82, 2.24) is 0 Å². The topological polar surface area (TPSA) is 26.1 Å². The van der Waals surface area contributed by atoms with Gasteiger partial charge in [0.15, 0.2) is 0 Å². The lowest BCUT2D eigenvalue weighted by Crippen LogP contribution is -3.14. The van der Waals surface area contributed by atoms with Gasteiger partial charge in [-0.2, -0.15) is 0 Å². The average Bonchev–Trinajstić information content (AvgIpc) is 2.69. The number of ether oxygens (including phenoxy) is 2. The second-order valence-corrected chi connectivity index (χ2v) is 7.10. The lowest BCUT2D eigenvalue weighted by atomic mass is 10.2. The molecule has 0 bridgehead atoms. The van der Waals surface area contributed by atoms with Crippen molar-refractivity contribution in [3.63, 3.8) is 0 Å². The highest BCUT2D eigenvalue weighted by Crippen LogP contribution is 2.27. The maximum atomic E-state index is 5.88. The number of benzene rings is 2. The second kappa shape index (κ2) is 9.70. The van der Waals surface area contributed by atoms with Gasteiger partial charge in [0.1, 0.15) is 11.5 Å². The van der Waals surface area contributed by atoms with Crippen LogP contribution in [0.4, 0.5) is 5.69 Å². The highest BCUT2D eigenvalue weighted by atomic mass is 35.5. The maximum absolute atomic E-state index is 5.88. The van der Waals surface area contributed by atoms with E-state index in [1.807, 2.05) is 36.4 Å². The molecular formula is C21H28ClN2O2+. The first-order valence-electron chi connectivity index (χ1n) is 9.36. The van der Waals surface area contributed by atoms with Gasteiger partial charge in [-0.25, -0.2) is 0 Å². The molecule has 26 heavy (non-hydrogen) atoms. The van der Waals surface area contributed by atoms with E-state index in [0.29, 0.717) is 0 Å². The Morgan fingerprint density at radius 3 is 2.46 bits per heavy atom. The molecule has 1 aliphatic rings. The Kier molecular flexibility index (Phi) is 7.04. The summed E-state index contributed by atoms with van der Waals surface area (Å²) in [4.78, 5) is 4.12. The number of halogens is 1. The van der Waals surface area contributed by atoms with Crippen LogP contribution in [0.5, 0.6) is 11.5 Å². The van der Waals surface area contributed by atoms with Crippen LogP contribution in [-0.2, 0) is 0 Å². The monoisotopic (exact) mass is 375 g/mol. The number of quaternary nitrogens is 1. The lowest BCUT2D eigenvalue weighted by molar-refractivity contribution is -0.900. The normalized spacial score (nSPS) is 15.1. The Labute approximate surface area is 161 Å². The molecule has 2 aromatic carbocycles. The molecule has 0 radical (unpaired) electrons. The fourth-order valence-electron chi connectivity index (χ4n) is 3.40. The quantitative estimate of drug-likeness (QED) is 0.718. The van der Waals surface area contributed by atoms with Gasteiger partial charge in [0.2, 0.25) is 0 Å². The molecule has 1 heterocycles. The summed E-state index contributed by atoms with van der Waals surface area (Å²) in [6, 6.07) is 15.9. The molecule has 0 aromatic heterocycles. The average molecular weight is 376 g/mol. The van der Waals surface area contributed by atoms with Crippen LogP contribution in [0.2, 0.25) is 5.02 Å². The SMILES string of the molecule is COc1ccccc1N1CC[NH+](CCCCOc2ccc(Cl)cc2)CC1. The van der Waals surface area contributed by atoms with Gasteiger partial charge in [-0.1, -0.05) is 23.7 Å². The third-order valence-electron chi connectivity index (χ3n) is 4.90. The molecule has 2 aromatic rings. The van der Waals surface area contributed by atoms with Gasteiger partial charge in [-0.15, -0.1) is 0 Å². The zero-order valence-electron chi connectivity index (χ0n) is 15.4. The molecule has 1 aliphatic heterocycles. The van der Waals surface area contributed by atoms with Gasteiger partial charge in [0, 0.05) is 5.02 Å². The summed E-state index contributed by atoms with van der Waals surface area (Å²) < 4.78 is 11.3. The Hall–Kier alpha value is -1.91. The summed E-state index contributed by atoms with van der Waals surface area (Å²) in [5, 5.41) is 0.744. The molecule has 1 fully saturated rings. The minimum Gasteiger partial charge on any atom is -0.495 e. The van der Waals surface area contributed by atoms with E-state index in [4.69, 9.17) is 21.1 Å².